The lowest BCUT2D eigenvalue weighted by Crippen LogP contribution is -2.52. The van der Waals surface area contributed by atoms with Gasteiger partial charge in [-0.2, -0.15) is 0 Å². The lowest BCUT2D eigenvalue weighted by atomic mass is 10.1. The van der Waals surface area contributed by atoms with E-state index in [0.717, 1.165) is 31.7 Å². The van der Waals surface area contributed by atoms with Gasteiger partial charge in [0.05, 0.1) is 13.1 Å². The Morgan fingerprint density at radius 3 is 2.58 bits per heavy atom. The summed E-state index contributed by atoms with van der Waals surface area (Å²) >= 11 is 0. The molecule has 3 rings (SSSR count). The van der Waals surface area contributed by atoms with Gasteiger partial charge in [0.15, 0.2) is 0 Å². The third-order valence-electron chi connectivity index (χ3n) is 4.46. The number of likely N-dealkylation sites (N-methyl/N-ethyl adjacent to an activating group) is 1. The summed E-state index contributed by atoms with van der Waals surface area (Å²) in [6.07, 6.45) is 0. The summed E-state index contributed by atoms with van der Waals surface area (Å²) in [5.74, 6) is -0.0132. The minimum absolute atomic E-state index is 0.0247. The molecule has 1 aromatic rings. The van der Waals surface area contributed by atoms with Gasteiger partial charge in [0.2, 0.25) is 0 Å². The number of hydroxylamine groups is 1. The second-order valence-corrected chi connectivity index (χ2v) is 6.11. The van der Waals surface area contributed by atoms with Crippen LogP contribution in [0.25, 0.3) is 0 Å². The summed E-state index contributed by atoms with van der Waals surface area (Å²) in [7, 11) is 2.05. The molecule has 0 radical (unpaired) electrons. The van der Waals surface area contributed by atoms with E-state index in [0.29, 0.717) is 31.0 Å². The number of hydrogen-bond acceptors (Lipinski definition) is 5. The van der Waals surface area contributed by atoms with Crippen LogP contribution in [-0.4, -0.2) is 78.2 Å². The lowest BCUT2D eigenvalue weighted by molar-refractivity contribution is 0.0706. The minimum Gasteiger partial charge on any atom is -0.491 e. The Balaban J connectivity index is 1.72. The quantitative estimate of drug-likeness (QED) is 0.572. The van der Waals surface area contributed by atoms with E-state index in [4.69, 9.17) is 9.94 Å². The fraction of sp³-hybridized carbons (Fsp3) is 0.500. The minimum atomic E-state index is -0.587. The van der Waals surface area contributed by atoms with E-state index >= 15 is 0 Å². The number of amides is 3. The number of urea groups is 1. The molecular weight excluding hydrogens is 312 g/mol. The summed E-state index contributed by atoms with van der Waals surface area (Å²) in [5, 5.41) is 8.72. The van der Waals surface area contributed by atoms with Crippen molar-refractivity contribution in [3.63, 3.8) is 0 Å². The van der Waals surface area contributed by atoms with E-state index in [1.807, 2.05) is 4.90 Å². The van der Waals surface area contributed by atoms with E-state index in [-0.39, 0.29) is 6.03 Å². The average molecular weight is 334 g/mol. The van der Waals surface area contributed by atoms with Crippen LogP contribution in [0, 0.1) is 0 Å². The predicted molar refractivity (Wildman–Crippen MR) is 86.1 cm³/mol. The number of carbonyl (C=O) groups excluding carboxylic acids is 2. The van der Waals surface area contributed by atoms with Gasteiger partial charge < -0.3 is 19.4 Å². The zero-order chi connectivity index (χ0) is 17.1. The van der Waals surface area contributed by atoms with E-state index in [1.165, 1.54) is 0 Å². The summed E-state index contributed by atoms with van der Waals surface area (Å²) < 4.78 is 5.69. The van der Waals surface area contributed by atoms with Crippen molar-refractivity contribution in [3.8, 4) is 5.75 Å². The number of benzene rings is 1. The maximum absolute atomic E-state index is 12.7. The van der Waals surface area contributed by atoms with Crippen LogP contribution in [0.5, 0.6) is 5.75 Å². The van der Waals surface area contributed by atoms with Crippen LogP contribution < -0.4 is 10.2 Å². The first-order valence-electron chi connectivity index (χ1n) is 8.01. The molecule has 2 heterocycles. The fourth-order valence-corrected chi connectivity index (χ4v) is 2.94. The first kappa shape index (κ1) is 16.5. The molecule has 2 aliphatic heterocycles. The molecule has 1 fully saturated rings. The Labute approximate surface area is 140 Å². The highest BCUT2D eigenvalue weighted by atomic mass is 16.5. The van der Waals surface area contributed by atoms with Crippen LogP contribution in [0.1, 0.15) is 15.9 Å². The number of carbonyl (C=O) groups is 2. The maximum Gasteiger partial charge on any atom is 0.320 e. The van der Waals surface area contributed by atoms with Crippen LogP contribution in [0.2, 0.25) is 0 Å². The van der Waals surface area contributed by atoms with E-state index in [9.17, 15) is 9.59 Å². The molecule has 2 N–H and O–H groups in total. The molecule has 3 amide bonds. The van der Waals surface area contributed by atoms with Crippen molar-refractivity contribution in [2.45, 2.75) is 6.54 Å². The van der Waals surface area contributed by atoms with Crippen LogP contribution >= 0.6 is 0 Å². The number of ether oxygens (including phenoxy) is 1. The second kappa shape index (κ2) is 7.06. The normalized spacial score (nSPS) is 18.4. The van der Waals surface area contributed by atoms with Crippen molar-refractivity contribution < 1.29 is 19.5 Å². The number of nitrogens with zero attached hydrogens (tertiary/aromatic N) is 3. The third-order valence-corrected chi connectivity index (χ3v) is 4.46. The Hall–Kier alpha value is -2.32. The molecule has 24 heavy (non-hydrogen) atoms. The number of fused-ring (bicyclic) bond motifs is 1. The summed E-state index contributed by atoms with van der Waals surface area (Å²) in [6.45, 7) is 4.54. The predicted octanol–water partition coefficient (Wildman–Crippen LogP) is 0.367. The second-order valence-electron chi connectivity index (χ2n) is 6.11. The molecule has 0 bridgehead atoms. The largest absolute Gasteiger partial charge is 0.491 e. The van der Waals surface area contributed by atoms with Crippen LogP contribution in [0.4, 0.5) is 4.79 Å². The molecule has 130 valence electrons. The van der Waals surface area contributed by atoms with E-state index in [2.05, 4.69) is 11.9 Å². The third kappa shape index (κ3) is 3.44. The van der Waals surface area contributed by atoms with Crippen LogP contribution in [0.3, 0.4) is 0 Å². The average Bonchev–Trinajstić information content (AvgIpc) is 2.82. The van der Waals surface area contributed by atoms with Crippen LogP contribution in [0.15, 0.2) is 18.2 Å². The number of hydrogen-bond donors (Lipinski definition) is 2. The number of nitrogens with one attached hydrogen (secondary N) is 1. The molecule has 1 aromatic carbocycles. The summed E-state index contributed by atoms with van der Waals surface area (Å²) in [4.78, 5) is 30.1. The fourth-order valence-electron chi connectivity index (χ4n) is 2.94. The first-order chi connectivity index (χ1) is 11.6. The Kier molecular flexibility index (Phi) is 4.86. The molecule has 0 unspecified atom stereocenters. The van der Waals surface area contributed by atoms with Gasteiger partial charge in [-0.25, -0.2) is 10.3 Å². The van der Waals surface area contributed by atoms with Gasteiger partial charge in [-0.05, 0) is 19.2 Å². The molecular formula is C16H22N4O4. The van der Waals surface area contributed by atoms with Gasteiger partial charge in [0.1, 0.15) is 12.4 Å². The smallest absolute Gasteiger partial charge is 0.320 e. The first-order valence-corrected chi connectivity index (χ1v) is 8.01. The topological polar surface area (TPSA) is 85.3 Å². The van der Waals surface area contributed by atoms with Gasteiger partial charge in [0.25, 0.3) is 5.91 Å². The van der Waals surface area contributed by atoms with E-state index < -0.39 is 5.91 Å². The number of rotatable bonds is 1. The molecule has 0 atom stereocenters. The van der Waals surface area contributed by atoms with Crippen molar-refractivity contribution in [1.29, 1.82) is 0 Å². The Morgan fingerprint density at radius 2 is 1.88 bits per heavy atom. The monoisotopic (exact) mass is 334 g/mol. The molecule has 0 aliphatic carbocycles. The molecule has 0 saturated carbocycles. The highest BCUT2D eigenvalue weighted by Gasteiger charge is 2.26. The van der Waals surface area contributed by atoms with Crippen molar-refractivity contribution >= 4 is 11.9 Å². The lowest BCUT2D eigenvalue weighted by Gasteiger charge is -2.35. The standard InChI is InChI=1S/C16H22N4O4/c1-18-4-6-19(7-5-18)16(22)20-8-9-24-14-10-12(15(21)17-23)2-3-13(14)11-20/h2-3,10,23H,4-9,11H2,1H3,(H,17,21). The molecule has 2 aliphatic rings. The molecule has 0 spiro atoms. The van der Waals surface area contributed by atoms with Crippen molar-refractivity contribution in [2.75, 3.05) is 46.4 Å². The van der Waals surface area contributed by atoms with Gasteiger partial charge in [0, 0.05) is 37.3 Å². The van der Waals surface area contributed by atoms with Gasteiger partial charge in [-0.3, -0.25) is 10.0 Å². The van der Waals surface area contributed by atoms with Gasteiger partial charge in [-0.1, -0.05) is 6.07 Å². The maximum atomic E-state index is 12.7. The molecule has 0 aromatic heterocycles. The van der Waals surface area contributed by atoms with E-state index in [1.54, 1.807) is 28.6 Å². The summed E-state index contributed by atoms with van der Waals surface area (Å²) in [6, 6.07) is 4.98. The molecule has 1 saturated heterocycles. The van der Waals surface area contributed by atoms with Crippen molar-refractivity contribution in [3.05, 3.63) is 29.3 Å². The van der Waals surface area contributed by atoms with Crippen molar-refractivity contribution in [1.82, 2.24) is 20.2 Å². The molecule has 8 nitrogen and oxygen atoms in total. The zero-order valence-electron chi connectivity index (χ0n) is 13.7. The SMILES string of the molecule is CN1CCN(C(=O)N2CCOc3cc(C(=O)NO)ccc3C2)CC1. The van der Waals surface area contributed by atoms with Gasteiger partial charge >= 0.3 is 6.03 Å². The van der Waals surface area contributed by atoms with Crippen molar-refractivity contribution in [2.24, 2.45) is 0 Å². The van der Waals surface area contributed by atoms with Gasteiger partial charge in [-0.15, -0.1) is 0 Å². The Morgan fingerprint density at radius 1 is 1.12 bits per heavy atom. The highest BCUT2D eigenvalue weighted by molar-refractivity contribution is 5.93. The number of piperazine rings is 1. The Bertz CT molecular complexity index is 629. The zero-order valence-corrected chi connectivity index (χ0v) is 13.7. The van der Waals surface area contributed by atoms with Crippen LogP contribution in [-0.2, 0) is 6.54 Å². The highest BCUT2D eigenvalue weighted by Crippen LogP contribution is 2.25. The molecule has 8 heteroatoms. The summed E-state index contributed by atoms with van der Waals surface area (Å²) in [5.41, 5.74) is 2.77.